The maximum atomic E-state index is 11.3. The number of hydrogen-bond acceptors (Lipinski definition) is 3. The predicted molar refractivity (Wildman–Crippen MR) is 52.8 cm³/mol. The molecule has 4 heteroatoms. The van der Waals surface area contributed by atoms with Gasteiger partial charge in [-0.2, -0.15) is 0 Å². The molecule has 1 saturated heterocycles. The molecule has 14 heavy (non-hydrogen) atoms. The first-order valence-electron chi connectivity index (χ1n) is 5.40. The van der Waals surface area contributed by atoms with Crippen molar-refractivity contribution in [2.45, 2.75) is 31.3 Å². The van der Waals surface area contributed by atoms with Gasteiger partial charge in [0.15, 0.2) is 0 Å². The number of β-amino-alcohol motifs (C(OH)–C–C–N with tert-alkyl or cyclic N) is 1. The van der Waals surface area contributed by atoms with Crippen LogP contribution in [0.25, 0.3) is 0 Å². The Balaban J connectivity index is 1.74. The molecule has 1 atom stereocenters. The summed E-state index contributed by atoms with van der Waals surface area (Å²) in [5, 5.41) is 16.0. The second kappa shape index (κ2) is 3.87. The highest BCUT2D eigenvalue weighted by Gasteiger charge is 2.33. The van der Waals surface area contributed by atoms with Crippen LogP contribution in [-0.2, 0) is 4.79 Å². The summed E-state index contributed by atoms with van der Waals surface area (Å²) >= 11 is 0. The van der Waals surface area contributed by atoms with E-state index in [0.717, 1.165) is 32.2 Å². The van der Waals surface area contributed by atoms with Crippen LogP contribution in [0.1, 0.15) is 25.7 Å². The van der Waals surface area contributed by atoms with E-state index in [1.54, 1.807) is 0 Å². The molecule has 0 aromatic carbocycles. The summed E-state index contributed by atoms with van der Waals surface area (Å²) in [6.45, 7) is 1.96. The molecule has 2 rings (SSSR count). The van der Waals surface area contributed by atoms with Gasteiger partial charge in [-0.1, -0.05) is 0 Å². The van der Waals surface area contributed by atoms with E-state index in [1.807, 2.05) is 0 Å². The minimum absolute atomic E-state index is 0.115. The third kappa shape index (κ3) is 2.45. The van der Waals surface area contributed by atoms with Crippen LogP contribution in [0.2, 0.25) is 0 Å². The fraction of sp³-hybridized carbons (Fsp3) is 0.900. The van der Waals surface area contributed by atoms with Crippen LogP contribution in [0.3, 0.4) is 0 Å². The van der Waals surface area contributed by atoms with Crippen molar-refractivity contribution in [1.29, 1.82) is 0 Å². The number of nitrogens with one attached hydrogen (secondary N) is 2. The normalized spacial score (nSPS) is 32.6. The van der Waals surface area contributed by atoms with Gasteiger partial charge in [-0.05, 0) is 32.2 Å². The van der Waals surface area contributed by atoms with Crippen molar-refractivity contribution in [3.8, 4) is 0 Å². The Bertz CT molecular complexity index is 220. The number of hydrogen-bond donors (Lipinski definition) is 3. The molecular formula is C10H18N2O2. The van der Waals surface area contributed by atoms with Crippen molar-refractivity contribution in [3.63, 3.8) is 0 Å². The van der Waals surface area contributed by atoms with Crippen LogP contribution < -0.4 is 10.6 Å². The van der Waals surface area contributed by atoms with Gasteiger partial charge < -0.3 is 15.7 Å². The predicted octanol–water partition coefficient (Wildman–Crippen LogP) is -0.373. The Morgan fingerprint density at radius 2 is 2.36 bits per heavy atom. The number of carbonyl (C=O) groups is 1. The third-order valence-corrected chi connectivity index (χ3v) is 2.99. The number of piperidine rings is 1. The molecule has 1 aliphatic carbocycles. The average Bonchev–Trinajstić information content (AvgIpc) is 2.99. The molecule has 1 amide bonds. The maximum absolute atomic E-state index is 11.3. The highest BCUT2D eigenvalue weighted by Crippen LogP contribution is 2.29. The standard InChI is InChI=1S/C10H18N2O2/c13-9(8-2-3-8)12-7-10(14)4-1-5-11-6-10/h8,11,14H,1-7H2,(H,12,13). The highest BCUT2D eigenvalue weighted by molar-refractivity contribution is 5.80. The summed E-state index contributed by atoms with van der Waals surface area (Å²) in [5.41, 5.74) is -0.719. The Labute approximate surface area is 84.1 Å². The lowest BCUT2D eigenvalue weighted by atomic mass is 9.94. The molecule has 2 fully saturated rings. The van der Waals surface area contributed by atoms with Gasteiger partial charge in [0.05, 0.1) is 5.60 Å². The molecule has 1 heterocycles. The van der Waals surface area contributed by atoms with Crippen LogP contribution >= 0.6 is 0 Å². The molecule has 1 saturated carbocycles. The van der Waals surface area contributed by atoms with E-state index in [2.05, 4.69) is 10.6 Å². The van der Waals surface area contributed by atoms with Gasteiger partial charge in [-0.25, -0.2) is 0 Å². The van der Waals surface area contributed by atoms with Gasteiger partial charge in [-0.3, -0.25) is 4.79 Å². The zero-order valence-electron chi connectivity index (χ0n) is 8.38. The van der Waals surface area contributed by atoms with Gasteiger partial charge in [0.1, 0.15) is 0 Å². The Morgan fingerprint density at radius 1 is 1.57 bits per heavy atom. The number of amides is 1. The zero-order valence-corrected chi connectivity index (χ0v) is 8.38. The van der Waals surface area contributed by atoms with Gasteiger partial charge in [0.2, 0.25) is 5.91 Å². The Morgan fingerprint density at radius 3 is 2.93 bits per heavy atom. The average molecular weight is 198 g/mol. The summed E-state index contributed by atoms with van der Waals surface area (Å²) < 4.78 is 0. The molecule has 80 valence electrons. The molecule has 3 N–H and O–H groups in total. The second-order valence-corrected chi connectivity index (χ2v) is 4.50. The lowest BCUT2D eigenvalue weighted by Crippen LogP contribution is -2.53. The maximum Gasteiger partial charge on any atom is 0.223 e. The molecule has 0 aromatic rings. The largest absolute Gasteiger partial charge is 0.387 e. The Kier molecular flexibility index (Phi) is 2.74. The van der Waals surface area contributed by atoms with Gasteiger partial charge in [0, 0.05) is 19.0 Å². The monoisotopic (exact) mass is 198 g/mol. The van der Waals surface area contributed by atoms with Crippen molar-refractivity contribution < 1.29 is 9.90 Å². The molecule has 0 radical (unpaired) electrons. The fourth-order valence-corrected chi connectivity index (χ4v) is 1.84. The van der Waals surface area contributed by atoms with Crippen LogP contribution in [0, 0.1) is 5.92 Å². The molecule has 0 spiro atoms. The quantitative estimate of drug-likeness (QED) is 0.579. The fourth-order valence-electron chi connectivity index (χ4n) is 1.84. The van der Waals surface area contributed by atoms with Gasteiger partial charge in [-0.15, -0.1) is 0 Å². The molecule has 1 aliphatic heterocycles. The van der Waals surface area contributed by atoms with Crippen molar-refractivity contribution in [3.05, 3.63) is 0 Å². The molecule has 0 aromatic heterocycles. The minimum Gasteiger partial charge on any atom is -0.387 e. The van der Waals surface area contributed by atoms with Crippen molar-refractivity contribution in [2.24, 2.45) is 5.92 Å². The summed E-state index contributed by atoms with van der Waals surface area (Å²) in [6, 6.07) is 0. The van der Waals surface area contributed by atoms with Crippen LogP contribution in [0.4, 0.5) is 0 Å². The van der Waals surface area contributed by atoms with Crippen molar-refractivity contribution in [2.75, 3.05) is 19.6 Å². The van der Waals surface area contributed by atoms with E-state index in [0.29, 0.717) is 13.1 Å². The van der Waals surface area contributed by atoms with E-state index >= 15 is 0 Å². The highest BCUT2D eigenvalue weighted by atomic mass is 16.3. The summed E-state index contributed by atoms with van der Waals surface area (Å²) in [4.78, 5) is 11.3. The first-order valence-corrected chi connectivity index (χ1v) is 5.40. The summed E-state index contributed by atoms with van der Waals surface area (Å²) in [7, 11) is 0. The van der Waals surface area contributed by atoms with Crippen LogP contribution in [0.15, 0.2) is 0 Å². The summed E-state index contributed by atoms with van der Waals surface area (Å²) in [5.74, 6) is 0.346. The smallest absolute Gasteiger partial charge is 0.223 e. The molecular weight excluding hydrogens is 180 g/mol. The topological polar surface area (TPSA) is 61.4 Å². The molecule has 1 unspecified atom stereocenters. The number of carbonyl (C=O) groups excluding carboxylic acids is 1. The minimum atomic E-state index is -0.719. The first-order chi connectivity index (χ1) is 6.70. The van der Waals surface area contributed by atoms with E-state index in [4.69, 9.17) is 0 Å². The Hall–Kier alpha value is -0.610. The third-order valence-electron chi connectivity index (χ3n) is 2.99. The van der Waals surface area contributed by atoms with E-state index in [-0.39, 0.29) is 11.8 Å². The molecule has 4 nitrogen and oxygen atoms in total. The first kappa shape index (κ1) is 9.93. The molecule has 0 bridgehead atoms. The van der Waals surface area contributed by atoms with Crippen molar-refractivity contribution >= 4 is 5.91 Å². The van der Waals surface area contributed by atoms with E-state index < -0.39 is 5.60 Å². The SMILES string of the molecule is O=C(NCC1(O)CCCNC1)C1CC1. The number of rotatable bonds is 3. The lowest BCUT2D eigenvalue weighted by molar-refractivity contribution is -0.123. The van der Waals surface area contributed by atoms with Crippen LogP contribution in [0.5, 0.6) is 0 Å². The van der Waals surface area contributed by atoms with Crippen molar-refractivity contribution in [1.82, 2.24) is 10.6 Å². The van der Waals surface area contributed by atoms with Gasteiger partial charge in [0.25, 0.3) is 0 Å². The summed E-state index contributed by atoms with van der Waals surface area (Å²) in [6.07, 6.45) is 3.80. The zero-order chi connectivity index (χ0) is 10.0. The van der Waals surface area contributed by atoms with Crippen LogP contribution in [-0.4, -0.2) is 36.2 Å². The molecule has 2 aliphatic rings. The number of aliphatic hydroxyl groups is 1. The second-order valence-electron chi connectivity index (χ2n) is 4.50. The van der Waals surface area contributed by atoms with E-state index in [1.165, 1.54) is 0 Å². The lowest BCUT2D eigenvalue weighted by Gasteiger charge is -2.32. The van der Waals surface area contributed by atoms with Gasteiger partial charge >= 0.3 is 0 Å². The van der Waals surface area contributed by atoms with E-state index in [9.17, 15) is 9.90 Å².